The summed E-state index contributed by atoms with van der Waals surface area (Å²) in [7, 11) is 0. The number of furan rings is 1. The van der Waals surface area contributed by atoms with Crippen LogP contribution in [-0.2, 0) is 6.42 Å². The van der Waals surface area contributed by atoms with Crippen molar-refractivity contribution < 1.29 is 8.81 Å². The molecule has 3 aromatic rings. The van der Waals surface area contributed by atoms with Crippen molar-refractivity contribution in [2.24, 2.45) is 0 Å². The maximum absolute atomic E-state index is 13.2. The molecule has 0 amide bonds. The van der Waals surface area contributed by atoms with Crippen LogP contribution >= 0.6 is 15.9 Å². The lowest BCUT2D eigenvalue weighted by Gasteiger charge is -2.06. The zero-order valence-electron chi connectivity index (χ0n) is 11.1. The fourth-order valence-corrected chi connectivity index (χ4v) is 2.91. The molecule has 20 heavy (non-hydrogen) atoms. The standard InChI is InChI=1S/C17H14BrFO/c1-11-5-6-16-13(7-11)10-17(20-16)15(18)9-12-3-2-4-14(19)8-12/h2-8,10,15H,9H2,1H3. The fraction of sp³-hybridized carbons (Fsp3) is 0.176. The third-order valence-corrected chi connectivity index (χ3v) is 4.08. The highest BCUT2D eigenvalue weighted by Crippen LogP contribution is 2.32. The summed E-state index contributed by atoms with van der Waals surface area (Å²) in [4.78, 5) is 0.0389. The first-order valence-electron chi connectivity index (χ1n) is 6.50. The van der Waals surface area contributed by atoms with Crippen molar-refractivity contribution >= 4 is 26.9 Å². The molecule has 1 unspecified atom stereocenters. The van der Waals surface area contributed by atoms with Gasteiger partial charge in [0, 0.05) is 5.39 Å². The summed E-state index contributed by atoms with van der Waals surface area (Å²) in [5, 5.41) is 1.10. The van der Waals surface area contributed by atoms with E-state index in [1.807, 2.05) is 24.3 Å². The number of rotatable bonds is 3. The zero-order valence-corrected chi connectivity index (χ0v) is 12.7. The molecular weight excluding hydrogens is 319 g/mol. The van der Waals surface area contributed by atoms with Gasteiger partial charge in [-0.2, -0.15) is 0 Å². The highest BCUT2D eigenvalue weighted by molar-refractivity contribution is 9.09. The average molecular weight is 333 g/mol. The third-order valence-electron chi connectivity index (χ3n) is 3.30. The van der Waals surface area contributed by atoms with Crippen LogP contribution in [-0.4, -0.2) is 0 Å². The molecule has 0 aliphatic heterocycles. The molecular formula is C17H14BrFO. The van der Waals surface area contributed by atoms with Crippen LogP contribution < -0.4 is 0 Å². The molecule has 3 rings (SSSR count). The van der Waals surface area contributed by atoms with E-state index < -0.39 is 0 Å². The smallest absolute Gasteiger partial charge is 0.134 e. The van der Waals surface area contributed by atoms with Gasteiger partial charge in [-0.3, -0.25) is 0 Å². The molecule has 1 heterocycles. The fourth-order valence-electron chi connectivity index (χ4n) is 2.31. The summed E-state index contributed by atoms with van der Waals surface area (Å²) in [6.45, 7) is 2.06. The van der Waals surface area contributed by atoms with Gasteiger partial charge in [0.05, 0.1) is 4.83 Å². The Morgan fingerprint density at radius 1 is 1.15 bits per heavy atom. The van der Waals surface area contributed by atoms with Gasteiger partial charge in [-0.15, -0.1) is 0 Å². The summed E-state index contributed by atoms with van der Waals surface area (Å²) >= 11 is 3.63. The number of alkyl halides is 1. The van der Waals surface area contributed by atoms with E-state index in [9.17, 15) is 4.39 Å². The Labute approximate surface area is 125 Å². The second-order valence-corrected chi connectivity index (χ2v) is 6.10. The van der Waals surface area contributed by atoms with E-state index in [0.717, 1.165) is 22.3 Å². The maximum atomic E-state index is 13.2. The molecule has 0 aliphatic rings. The SMILES string of the molecule is Cc1ccc2oc(C(Br)Cc3cccc(F)c3)cc2c1. The molecule has 0 N–H and O–H groups in total. The minimum Gasteiger partial charge on any atom is -0.460 e. The maximum Gasteiger partial charge on any atom is 0.134 e. The molecule has 0 saturated heterocycles. The van der Waals surface area contributed by atoms with Gasteiger partial charge in [0.25, 0.3) is 0 Å². The first-order valence-corrected chi connectivity index (χ1v) is 7.42. The second-order valence-electron chi connectivity index (χ2n) is 4.99. The van der Waals surface area contributed by atoms with Gasteiger partial charge in [-0.1, -0.05) is 39.7 Å². The summed E-state index contributed by atoms with van der Waals surface area (Å²) in [6.07, 6.45) is 0.691. The van der Waals surface area contributed by atoms with Crippen molar-refractivity contribution in [2.45, 2.75) is 18.2 Å². The number of fused-ring (bicyclic) bond motifs is 1. The predicted octanol–water partition coefficient (Wildman–Crippen LogP) is 5.56. The Morgan fingerprint density at radius 2 is 2.00 bits per heavy atom. The topological polar surface area (TPSA) is 13.1 Å². The molecule has 102 valence electrons. The van der Waals surface area contributed by atoms with E-state index in [1.54, 1.807) is 12.1 Å². The first-order chi connectivity index (χ1) is 9.61. The number of hydrogen-bond acceptors (Lipinski definition) is 1. The van der Waals surface area contributed by atoms with Crippen LogP contribution in [0.5, 0.6) is 0 Å². The van der Waals surface area contributed by atoms with Crippen LogP contribution in [0.25, 0.3) is 11.0 Å². The lowest BCUT2D eigenvalue weighted by Crippen LogP contribution is -1.94. The number of halogens is 2. The van der Waals surface area contributed by atoms with E-state index in [4.69, 9.17) is 4.42 Å². The largest absolute Gasteiger partial charge is 0.460 e. The van der Waals surface area contributed by atoms with Crippen LogP contribution in [0.1, 0.15) is 21.7 Å². The average Bonchev–Trinajstić information content (AvgIpc) is 2.81. The van der Waals surface area contributed by atoms with Crippen LogP contribution in [0.2, 0.25) is 0 Å². The minimum atomic E-state index is -0.206. The molecule has 0 bridgehead atoms. The van der Waals surface area contributed by atoms with Gasteiger partial charge in [0.1, 0.15) is 17.2 Å². The van der Waals surface area contributed by atoms with Crippen molar-refractivity contribution in [3.05, 3.63) is 71.2 Å². The Morgan fingerprint density at radius 3 is 2.80 bits per heavy atom. The molecule has 3 heteroatoms. The summed E-state index contributed by atoms with van der Waals surface area (Å²) in [6, 6.07) is 14.8. The van der Waals surface area contributed by atoms with E-state index in [0.29, 0.717) is 6.42 Å². The Bertz CT molecular complexity index is 748. The first kappa shape index (κ1) is 13.4. The van der Waals surface area contributed by atoms with Crippen molar-refractivity contribution in [3.63, 3.8) is 0 Å². The quantitative estimate of drug-likeness (QED) is 0.572. The molecule has 1 nitrogen and oxygen atoms in total. The van der Waals surface area contributed by atoms with Crippen LogP contribution in [0, 0.1) is 12.7 Å². The summed E-state index contributed by atoms with van der Waals surface area (Å²) in [5.74, 6) is 0.664. The van der Waals surface area contributed by atoms with Gasteiger partial charge < -0.3 is 4.42 Å². The number of hydrogen-bond donors (Lipinski definition) is 0. The molecule has 0 radical (unpaired) electrons. The lowest BCUT2D eigenvalue weighted by atomic mass is 10.1. The van der Waals surface area contributed by atoms with Crippen molar-refractivity contribution in [2.75, 3.05) is 0 Å². The van der Waals surface area contributed by atoms with Crippen molar-refractivity contribution in [3.8, 4) is 0 Å². The molecule has 1 atom stereocenters. The van der Waals surface area contributed by atoms with Crippen LogP contribution in [0.3, 0.4) is 0 Å². The molecule has 1 aromatic heterocycles. The molecule has 0 spiro atoms. The van der Waals surface area contributed by atoms with E-state index >= 15 is 0 Å². The number of benzene rings is 2. The predicted molar refractivity (Wildman–Crippen MR) is 82.7 cm³/mol. The molecule has 0 fully saturated rings. The highest BCUT2D eigenvalue weighted by Gasteiger charge is 2.14. The Balaban J connectivity index is 1.86. The van der Waals surface area contributed by atoms with Gasteiger partial charge in [0.15, 0.2) is 0 Å². The molecule has 0 saturated carbocycles. The monoisotopic (exact) mass is 332 g/mol. The third kappa shape index (κ3) is 2.78. The van der Waals surface area contributed by atoms with Gasteiger partial charge in [-0.05, 0) is 49.2 Å². The normalized spacial score (nSPS) is 12.8. The molecule has 2 aromatic carbocycles. The lowest BCUT2D eigenvalue weighted by molar-refractivity contribution is 0.545. The van der Waals surface area contributed by atoms with Crippen molar-refractivity contribution in [1.29, 1.82) is 0 Å². The van der Waals surface area contributed by atoms with Gasteiger partial charge in [-0.25, -0.2) is 4.39 Å². The number of aryl methyl sites for hydroxylation is 1. The van der Waals surface area contributed by atoms with Gasteiger partial charge in [0.2, 0.25) is 0 Å². The highest BCUT2D eigenvalue weighted by atomic mass is 79.9. The Kier molecular flexibility index (Phi) is 3.62. The second kappa shape index (κ2) is 5.41. The van der Waals surface area contributed by atoms with E-state index in [-0.39, 0.29) is 10.6 Å². The van der Waals surface area contributed by atoms with Crippen LogP contribution in [0.4, 0.5) is 4.39 Å². The van der Waals surface area contributed by atoms with Gasteiger partial charge >= 0.3 is 0 Å². The molecule has 0 aliphatic carbocycles. The Hall–Kier alpha value is -1.61. The van der Waals surface area contributed by atoms with E-state index in [2.05, 4.69) is 28.9 Å². The summed E-state index contributed by atoms with van der Waals surface area (Å²) in [5.41, 5.74) is 3.04. The minimum absolute atomic E-state index is 0.0389. The zero-order chi connectivity index (χ0) is 14.1. The summed E-state index contributed by atoms with van der Waals surface area (Å²) < 4.78 is 19.0. The van der Waals surface area contributed by atoms with Crippen molar-refractivity contribution in [1.82, 2.24) is 0 Å². The van der Waals surface area contributed by atoms with Crippen LogP contribution in [0.15, 0.2) is 52.9 Å². The van der Waals surface area contributed by atoms with E-state index in [1.165, 1.54) is 11.6 Å².